The van der Waals surface area contributed by atoms with Gasteiger partial charge in [-0.3, -0.25) is 0 Å². The minimum atomic E-state index is 0.698. The number of rotatable bonds is 6. The molecule has 0 fully saturated rings. The molecule has 0 N–H and O–H groups in total. The molecule has 125 valence electrons. The van der Waals surface area contributed by atoms with Gasteiger partial charge in [0.05, 0.1) is 10.8 Å². The third-order valence-corrected chi connectivity index (χ3v) is 4.21. The van der Waals surface area contributed by atoms with Gasteiger partial charge >= 0.3 is 7.69 Å². The SMILES string of the molecule is CCc1oc2ccccc2c1O[B]Oc1c(CC)oc2ccccc12. The third kappa shape index (κ3) is 2.76. The summed E-state index contributed by atoms with van der Waals surface area (Å²) < 4.78 is 23.3. The normalized spacial score (nSPS) is 11.1. The number of para-hydroxylation sites is 2. The van der Waals surface area contributed by atoms with E-state index in [1.54, 1.807) is 0 Å². The molecular formula is C20H18BO4. The fourth-order valence-electron chi connectivity index (χ4n) is 2.99. The molecule has 25 heavy (non-hydrogen) atoms. The fraction of sp³-hybridized carbons (Fsp3) is 0.200. The number of benzene rings is 2. The lowest BCUT2D eigenvalue weighted by Gasteiger charge is -2.06. The molecule has 0 bridgehead atoms. The lowest BCUT2D eigenvalue weighted by molar-refractivity contribution is 0.432. The minimum absolute atomic E-state index is 0.698. The molecule has 2 aromatic heterocycles. The van der Waals surface area contributed by atoms with Crippen LogP contribution in [0.5, 0.6) is 11.5 Å². The highest BCUT2D eigenvalue weighted by Gasteiger charge is 2.18. The first-order valence-electron chi connectivity index (χ1n) is 8.47. The summed E-state index contributed by atoms with van der Waals surface area (Å²) >= 11 is 0. The minimum Gasteiger partial charge on any atom is -0.523 e. The van der Waals surface area contributed by atoms with E-state index in [1.807, 2.05) is 62.4 Å². The predicted molar refractivity (Wildman–Crippen MR) is 98.2 cm³/mol. The van der Waals surface area contributed by atoms with Gasteiger partial charge in [-0.25, -0.2) is 0 Å². The van der Waals surface area contributed by atoms with Crippen LogP contribution in [0.25, 0.3) is 21.9 Å². The van der Waals surface area contributed by atoms with Gasteiger partial charge in [-0.05, 0) is 24.3 Å². The molecule has 2 aromatic carbocycles. The van der Waals surface area contributed by atoms with Crippen LogP contribution in [-0.4, -0.2) is 7.69 Å². The summed E-state index contributed by atoms with van der Waals surface area (Å²) in [4.78, 5) is 0. The second-order valence-electron chi connectivity index (χ2n) is 5.74. The summed E-state index contributed by atoms with van der Waals surface area (Å²) in [5, 5.41) is 1.87. The zero-order chi connectivity index (χ0) is 17.2. The smallest absolute Gasteiger partial charge is 0.523 e. The lowest BCUT2D eigenvalue weighted by Crippen LogP contribution is -2.12. The van der Waals surface area contributed by atoms with E-state index < -0.39 is 0 Å². The molecule has 0 spiro atoms. The lowest BCUT2D eigenvalue weighted by atomic mass is 10.2. The van der Waals surface area contributed by atoms with Gasteiger partial charge in [-0.15, -0.1) is 0 Å². The monoisotopic (exact) mass is 333 g/mol. The van der Waals surface area contributed by atoms with Gasteiger partial charge in [-0.1, -0.05) is 38.1 Å². The molecule has 2 heterocycles. The quantitative estimate of drug-likeness (QED) is 0.449. The second-order valence-corrected chi connectivity index (χ2v) is 5.74. The van der Waals surface area contributed by atoms with Crippen LogP contribution in [0.3, 0.4) is 0 Å². The molecule has 0 aliphatic rings. The van der Waals surface area contributed by atoms with Gasteiger partial charge in [-0.2, -0.15) is 0 Å². The van der Waals surface area contributed by atoms with Crippen LogP contribution < -0.4 is 9.31 Å². The van der Waals surface area contributed by atoms with Gasteiger partial charge in [0.15, 0.2) is 11.5 Å². The number of hydrogen-bond donors (Lipinski definition) is 0. The van der Waals surface area contributed by atoms with Crippen molar-refractivity contribution >= 4 is 29.6 Å². The van der Waals surface area contributed by atoms with Crippen molar-refractivity contribution in [2.24, 2.45) is 0 Å². The van der Waals surface area contributed by atoms with E-state index in [9.17, 15) is 0 Å². The van der Waals surface area contributed by atoms with Crippen molar-refractivity contribution in [1.82, 2.24) is 0 Å². The van der Waals surface area contributed by atoms with Crippen LogP contribution in [0.1, 0.15) is 25.4 Å². The van der Waals surface area contributed by atoms with Gasteiger partial charge in [0.25, 0.3) is 0 Å². The number of aryl methyl sites for hydroxylation is 2. The first-order chi connectivity index (χ1) is 12.3. The molecule has 4 rings (SSSR count). The number of fused-ring (bicyclic) bond motifs is 2. The zero-order valence-corrected chi connectivity index (χ0v) is 14.2. The Hall–Kier alpha value is -2.82. The molecule has 0 atom stereocenters. The average molecular weight is 333 g/mol. The second kappa shape index (κ2) is 6.59. The van der Waals surface area contributed by atoms with Crippen molar-refractivity contribution < 1.29 is 18.1 Å². The van der Waals surface area contributed by atoms with E-state index in [-0.39, 0.29) is 0 Å². The van der Waals surface area contributed by atoms with Crippen molar-refractivity contribution in [3.63, 3.8) is 0 Å². The van der Waals surface area contributed by atoms with E-state index in [2.05, 4.69) is 0 Å². The van der Waals surface area contributed by atoms with E-state index in [0.29, 0.717) is 11.5 Å². The first kappa shape index (κ1) is 15.7. The molecule has 4 nitrogen and oxygen atoms in total. The molecule has 0 unspecified atom stereocenters. The van der Waals surface area contributed by atoms with Gasteiger partial charge in [0.1, 0.15) is 22.7 Å². The molecule has 0 amide bonds. The molecule has 0 aliphatic carbocycles. The highest BCUT2D eigenvalue weighted by Crippen LogP contribution is 2.35. The Morgan fingerprint density at radius 1 is 0.720 bits per heavy atom. The summed E-state index contributed by atoms with van der Waals surface area (Å²) in [5.74, 6) is 3.00. The summed E-state index contributed by atoms with van der Waals surface area (Å²) in [7, 11) is 1.35. The molecule has 0 saturated heterocycles. The van der Waals surface area contributed by atoms with E-state index in [1.165, 1.54) is 7.69 Å². The molecule has 1 radical (unpaired) electrons. The van der Waals surface area contributed by atoms with Crippen LogP contribution in [0.15, 0.2) is 57.4 Å². The van der Waals surface area contributed by atoms with Crippen molar-refractivity contribution in [3.05, 3.63) is 60.1 Å². The van der Waals surface area contributed by atoms with E-state index >= 15 is 0 Å². The predicted octanol–water partition coefficient (Wildman–Crippen LogP) is 5.30. The Morgan fingerprint density at radius 3 is 1.60 bits per heavy atom. The van der Waals surface area contributed by atoms with Gasteiger partial charge in [0.2, 0.25) is 0 Å². The van der Waals surface area contributed by atoms with Crippen molar-refractivity contribution in [3.8, 4) is 11.5 Å². The first-order valence-corrected chi connectivity index (χ1v) is 8.47. The number of furan rings is 2. The van der Waals surface area contributed by atoms with Crippen LogP contribution in [0.4, 0.5) is 0 Å². The van der Waals surface area contributed by atoms with E-state index in [4.69, 9.17) is 18.1 Å². The van der Waals surface area contributed by atoms with Crippen LogP contribution >= 0.6 is 0 Å². The third-order valence-electron chi connectivity index (χ3n) is 4.21. The maximum Gasteiger partial charge on any atom is 0.658 e. The van der Waals surface area contributed by atoms with Crippen molar-refractivity contribution in [1.29, 1.82) is 0 Å². The molecule has 0 saturated carbocycles. The molecule has 4 aromatic rings. The molecular weight excluding hydrogens is 315 g/mol. The van der Waals surface area contributed by atoms with Gasteiger partial charge in [0, 0.05) is 12.8 Å². The van der Waals surface area contributed by atoms with E-state index in [0.717, 1.165) is 46.3 Å². The Balaban J connectivity index is 1.59. The highest BCUT2D eigenvalue weighted by atomic mass is 16.6. The van der Waals surface area contributed by atoms with Crippen molar-refractivity contribution in [2.75, 3.05) is 0 Å². The Morgan fingerprint density at radius 2 is 1.16 bits per heavy atom. The summed E-state index contributed by atoms with van der Waals surface area (Å²) in [6.07, 6.45) is 1.49. The topological polar surface area (TPSA) is 44.7 Å². The number of hydrogen-bond acceptors (Lipinski definition) is 4. The largest absolute Gasteiger partial charge is 0.658 e. The van der Waals surface area contributed by atoms with Crippen LogP contribution in [-0.2, 0) is 12.8 Å². The van der Waals surface area contributed by atoms with Crippen LogP contribution in [0, 0.1) is 0 Å². The summed E-state index contributed by atoms with van der Waals surface area (Å²) in [5.41, 5.74) is 1.62. The fourth-order valence-corrected chi connectivity index (χ4v) is 2.99. The zero-order valence-electron chi connectivity index (χ0n) is 14.2. The van der Waals surface area contributed by atoms with Crippen LogP contribution in [0.2, 0.25) is 0 Å². The highest BCUT2D eigenvalue weighted by molar-refractivity contribution is 6.22. The standard InChI is InChI=1S/C20H18BO4/c1-3-15-19(13-9-5-7-11-17(13)22-15)24-21-25-20-14-10-6-8-12-18(14)23-16(20)4-2/h5-12H,3-4H2,1-2H3. The van der Waals surface area contributed by atoms with Crippen molar-refractivity contribution in [2.45, 2.75) is 26.7 Å². The summed E-state index contributed by atoms with van der Waals surface area (Å²) in [6, 6.07) is 15.6. The Kier molecular flexibility index (Phi) is 4.14. The molecule has 0 aliphatic heterocycles. The Labute approximate surface area is 146 Å². The maximum absolute atomic E-state index is 5.83. The molecule has 5 heteroatoms. The summed E-state index contributed by atoms with van der Waals surface area (Å²) in [6.45, 7) is 4.06. The Bertz CT molecular complexity index is 933. The van der Waals surface area contributed by atoms with Gasteiger partial charge < -0.3 is 18.1 Å². The maximum atomic E-state index is 5.83. The average Bonchev–Trinajstić information content (AvgIpc) is 3.20.